The molecule has 1 aromatic heterocycles. The molecule has 0 saturated carbocycles. The van der Waals surface area contributed by atoms with E-state index < -0.39 is 5.97 Å². The van der Waals surface area contributed by atoms with Crippen molar-refractivity contribution in [3.8, 4) is 0 Å². The SMILES string of the molecule is CC(CCC1CCc2nc(N)nc(N)c21)c1ccc(C(=O)O)cc1. The molecule has 1 aromatic carbocycles. The van der Waals surface area contributed by atoms with E-state index in [-0.39, 0.29) is 5.95 Å². The second-order valence-corrected chi connectivity index (χ2v) is 6.47. The maximum atomic E-state index is 10.9. The maximum Gasteiger partial charge on any atom is 0.335 e. The zero-order chi connectivity index (χ0) is 17.3. The van der Waals surface area contributed by atoms with Gasteiger partial charge >= 0.3 is 5.97 Å². The lowest BCUT2D eigenvalue weighted by Gasteiger charge is -2.17. The van der Waals surface area contributed by atoms with E-state index >= 15 is 0 Å². The Balaban J connectivity index is 1.66. The molecule has 0 spiro atoms. The fourth-order valence-electron chi connectivity index (χ4n) is 3.51. The zero-order valence-electron chi connectivity index (χ0n) is 13.7. The van der Waals surface area contributed by atoms with Gasteiger partial charge in [0.1, 0.15) is 5.82 Å². The third kappa shape index (κ3) is 3.18. The van der Waals surface area contributed by atoms with Crippen LogP contribution in [-0.4, -0.2) is 21.0 Å². The van der Waals surface area contributed by atoms with Crippen LogP contribution in [0.1, 0.15) is 65.2 Å². The molecule has 0 radical (unpaired) electrons. The average molecular weight is 326 g/mol. The van der Waals surface area contributed by atoms with E-state index in [1.54, 1.807) is 12.1 Å². The summed E-state index contributed by atoms with van der Waals surface area (Å²) in [7, 11) is 0. The summed E-state index contributed by atoms with van der Waals surface area (Å²) in [5, 5.41) is 8.97. The number of aromatic carboxylic acids is 1. The third-order valence-corrected chi connectivity index (χ3v) is 4.88. The summed E-state index contributed by atoms with van der Waals surface area (Å²) in [6.07, 6.45) is 3.94. The van der Waals surface area contributed by atoms with Crippen LogP contribution in [0, 0.1) is 0 Å². The number of nitrogens with two attached hydrogens (primary N) is 2. The molecule has 5 N–H and O–H groups in total. The molecule has 3 rings (SSSR count). The Morgan fingerprint density at radius 3 is 2.67 bits per heavy atom. The number of aromatic nitrogens is 2. The van der Waals surface area contributed by atoms with Crippen LogP contribution in [0.15, 0.2) is 24.3 Å². The predicted octanol–water partition coefficient (Wildman–Crippen LogP) is 2.95. The van der Waals surface area contributed by atoms with Gasteiger partial charge in [-0.3, -0.25) is 0 Å². The number of anilines is 2. The predicted molar refractivity (Wildman–Crippen MR) is 93.0 cm³/mol. The van der Waals surface area contributed by atoms with Crippen molar-refractivity contribution < 1.29 is 9.90 Å². The number of aryl methyl sites for hydroxylation is 1. The van der Waals surface area contributed by atoms with Gasteiger partial charge in [0.05, 0.1) is 11.3 Å². The number of fused-ring (bicyclic) bond motifs is 1. The Hall–Kier alpha value is -2.63. The van der Waals surface area contributed by atoms with Crippen LogP contribution in [0.3, 0.4) is 0 Å². The van der Waals surface area contributed by atoms with Crippen LogP contribution in [0.5, 0.6) is 0 Å². The number of carboxylic acid groups (broad SMARTS) is 1. The third-order valence-electron chi connectivity index (χ3n) is 4.88. The Morgan fingerprint density at radius 2 is 2.00 bits per heavy atom. The first-order chi connectivity index (χ1) is 11.5. The highest BCUT2D eigenvalue weighted by atomic mass is 16.4. The van der Waals surface area contributed by atoms with Gasteiger partial charge in [-0.1, -0.05) is 19.1 Å². The summed E-state index contributed by atoms with van der Waals surface area (Å²) < 4.78 is 0. The van der Waals surface area contributed by atoms with E-state index in [4.69, 9.17) is 16.6 Å². The second-order valence-electron chi connectivity index (χ2n) is 6.47. The minimum absolute atomic E-state index is 0.249. The Bertz CT molecular complexity index is 758. The van der Waals surface area contributed by atoms with Crippen molar-refractivity contribution in [3.63, 3.8) is 0 Å². The van der Waals surface area contributed by atoms with Gasteiger partial charge in [0.15, 0.2) is 0 Å². The van der Waals surface area contributed by atoms with Gasteiger partial charge in [0, 0.05) is 5.56 Å². The summed E-state index contributed by atoms with van der Waals surface area (Å²) >= 11 is 0. The Kier molecular flexibility index (Phi) is 4.38. The van der Waals surface area contributed by atoms with Crippen molar-refractivity contribution in [1.82, 2.24) is 9.97 Å². The van der Waals surface area contributed by atoms with Gasteiger partial charge < -0.3 is 16.6 Å². The molecule has 2 unspecified atom stereocenters. The molecule has 0 bridgehead atoms. The molecule has 24 heavy (non-hydrogen) atoms. The van der Waals surface area contributed by atoms with Gasteiger partial charge in [-0.2, -0.15) is 4.98 Å². The first-order valence-electron chi connectivity index (χ1n) is 8.20. The number of nitrogens with zero attached hydrogens (tertiary/aromatic N) is 2. The van der Waals surface area contributed by atoms with E-state index in [0.29, 0.717) is 23.2 Å². The van der Waals surface area contributed by atoms with Crippen LogP contribution >= 0.6 is 0 Å². The molecule has 0 saturated heterocycles. The molecule has 6 nitrogen and oxygen atoms in total. The summed E-state index contributed by atoms with van der Waals surface area (Å²) in [5.74, 6) is 0.595. The first-order valence-corrected chi connectivity index (χ1v) is 8.20. The number of hydrogen-bond donors (Lipinski definition) is 3. The highest BCUT2D eigenvalue weighted by Gasteiger charge is 2.27. The maximum absolute atomic E-state index is 10.9. The molecule has 0 fully saturated rings. The van der Waals surface area contributed by atoms with E-state index in [1.807, 2.05) is 12.1 Å². The van der Waals surface area contributed by atoms with Crippen LogP contribution in [0.2, 0.25) is 0 Å². The Morgan fingerprint density at radius 1 is 1.29 bits per heavy atom. The van der Waals surface area contributed by atoms with Crippen LogP contribution in [0.25, 0.3) is 0 Å². The van der Waals surface area contributed by atoms with Crippen LogP contribution in [-0.2, 0) is 6.42 Å². The van der Waals surface area contributed by atoms with Crippen molar-refractivity contribution in [2.45, 2.75) is 44.4 Å². The lowest BCUT2D eigenvalue weighted by Crippen LogP contribution is -2.07. The normalized spacial score (nSPS) is 17.5. The van der Waals surface area contributed by atoms with Gasteiger partial charge in [-0.25, -0.2) is 9.78 Å². The number of benzene rings is 1. The van der Waals surface area contributed by atoms with Gasteiger partial charge in [-0.15, -0.1) is 0 Å². The highest BCUT2D eigenvalue weighted by molar-refractivity contribution is 5.87. The molecule has 6 heteroatoms. The van der Waals surface area contributed by atoms with Crippen LogP contribution < -0.4 is 11.5 Å². The number of carbonyl (C=O) groups is 1. The van der Waals surface area contributed by atoms with E-state index in [0.717, 1.165) is 42.5 Å². The average Bonchev–Trinajstić information content (AvgIpc) is 2.95. The van der Waals surface area contributed by atoms with Crippen molar-refractivity contribution >= 4 is 17.7 Å². The number of carboxylic acids is 1. The summed E-state index contributed by atoms with van der Waals surface area (Å²) in [6, 6.07) is 7.12. The Labute approximate surface area is 140 Å². The quantitative estimate of drug-likeness (QED) is 0.778. The van der Waals surface area contributed by atoms with E-state index in [2.05, 4.69) is 16.9 Å². The van der Waals surface area contributed by atoms with Crippen LogP contribution in [0.4, 0.5) is 11.8 Å². The van der Waals surface area contributed by atoms with Gasteiger partial charge in [-0.05, 0) is 55.2 Å². The summed E-state index contributed by atoms with van der Waals surface area (Å²) in [5.41, 5.74) is 15.2. The van der Waals surface area contributed by atoms with Gasteiger partial charge in [0.25, 0.3) is 0 Å². The molecule has 126 valence electrons. The molecule has 1 aliphatic rings. The smallest absolute Gasteiger partial charge is 0.335 e. The summed E-state index contributed by atoms with van der Waals surface area (Å²) in [6.45, 7) is 2.16. The second kappa shape index (κ2) is 6.47. The monoisotopic (exact) mass is 326 g/mol. The number of hydrogen-bond acceptors (Lipinski definition) is 5. The van der Waals surface area contributed by atoms with Crippen molar-refractivity contribution in [1.29, 1.82) is 0 Å². The lowest BCUT2D eigenvalue weighted by molar-refractivity contribution is 0.0697. The minimum atomic E-state index is -0.897. The standard InChI is InChI=1S/C18H22N4O2/c1-10(11-4-6-13(7-5-11)17(23)24)2-3-12-8-9-14-15(12)16(19)22-18(20)21-14/h4-7,10,12H,2-3,8-9H2,1H3,(H,23,24)(H4,19,20,21,22). The first kappa shape index (κ1) is 16.2. The number of rotatable bonds is 5. The van der Waals surface area contributed by atoms with E-state index in [1.165, 1.54) is 0 Å². The summed E-state index contributed by atoms with van der Waals surface area (Å²) in [4.78, 5) is 19.3. The van der Waals surface area contributed by atoms with Crippen molar-refractivity contribution in [3.05, 3.63) is 46.6 Å². The van der Waals surface area contributed by atoms with E-state index in [9.17, 15) is 4.79 Å². The largest absolute Gasteiger partial charge is 0.478 e. The fourth-order valence-corrected chi connectivity index (χ4v) is 3.51. The molecular formula is C18H22N4O2. The topological polar surface area (TPSA) is 115 Å². The molecule has 0 aliphatic heterocycles. The molecule has 2 atom stereocenters. The molecular weight excluding hydrogens is 304 g/mol. The molecule has 2 aromatic rings. The zero-order valence-corrected chi connectivity index (χ0v) is 13.7. The fraction of sp³-hybridized carbons (Fsp3) is 0.389. The van der Waals surface area contributed by atoms with Crippen molar-refractivity contribution in [2.75, 3.05) is 11.5 Å². The van der Waals surface area contributed by atoms with Crippen molar-refractivity contribution in [2.24, 2.45) is 0 Å². The number of nitrogen functional groups attached to an aromatic ring is 2. The highest BCUT2D eigenvalue weighted by Crippen LogP contribution is 2.40. The molecule has 0 amide bonds. The lowest BCUT2D eigenvalue weighted by atomic mass is 9.89. The van der Waals surface area contributed by atoms with Gasteiger partial charge in [0.2, 0.25) is 5.95 Å². The molecule has 1 aliphatic carbocycles. The minimum Gasteiger partial charge on any atom is -0.478 e. The molecule has 1 heterocycles.